The Labute approximate surface area is 177 Å². The van der Waals surface area contributed by atoms with Gasteiger partial charge in [0.25, 0.3) is 5.91 Å². The van der Waals surface area contributed by atoms with Crippen LogP contribution in [0.2, 0.25) is 0 Å². The lowest BCUT2D eigenvalue weighted by atomic mass is 10.0. The van der Waals surface area contributed by atoms with Crippen molar-refractivity contribution >= 4 is 17.8 Å². The second kappa shape index (κ2) is 9.91. The van der Waals surface area contributed by atoms with Gasteiger partial charge in [-0.1, -0.05) is 26.0 Å². The number of urea groups is 1. The molecule has 8 heteroatoms. The van der Waals surface area contributed by atoms with Gasteiger partial charge in [-0.15, -0.1) is 0 Å². The van der Waals surface area contributed by atoms with E-state index in [0.717, 1.165) is 25.9 Å². The van der Waals surface area contributed by atoms with Crippen LogP contribution in [0.4, 0.5) is 9.18 Å². The third kappa shape index (κ3) is 5.09. The quantitative estimate of drug-likeness (QED) is 0.816. The summed E-state index contributed by atoms with van der Waals surface area (Å²) in [6.45, 7) is 7.11. The molecule has 0 bridgehead atoms. The van der Waals surface area contributed by atoms with Gasteiger partial charge in [0.15, 0.2) is 0 Å². The van der Waals surface area contributed by atoms with Crippen molar-refractivity contribution in [1.29, 1.82) is 0 Å². The van der Waals surface area contributed by atoms with Crippen LogP contribution < -0.4 is 5.32 Å². The summed E-state index contributed by atoms with van der Waals surface area (Å²) in [6.07, 6.45) is 3.26. The van der Waals surface area contributed by atoms with Gasteiger partial charge < -0.3 is 20.0 Å². The van der Waals surface area contributed by atoms with Gasteiger partial charge in [0.1, 0.15) is 11.9 Å². The molecule has 0 spiro atoms. The molecule has 30 heavy (non-hydrogen) atoms. The minimum Gasteiger partial charge on any atom is -0.340 e. The number of hydrogen-bond acceptors (Lipinski definition) is 3. The number of piperidine rings is 1. The lowest BCUT2D eigenvalue weighted by Crippen LogP contribution is -2.58. The van der Waals surface area contributed by atoms with Crippen LogP contribution in [0.15, 0.2) is 24.3 Å². The molecule has 1 aromatic rings. The summed E-state index contributed by atoms with van der Waals surface area (Å²) >= 11 is 0. The molecule has 4 amide bonds. The average molecular weight is 419 g/mol. The summed E-state index contributed by atoms with van der Waals surface area (Å²) < 4.78 is 13.9. The molecule has 0 aliphatic carbocycles. The molecule has 3 rings (SSSR count). The molecule has 7 nitrogen and oxygen atoms in total. The number of benzene rings is 1. The van der Waals surface area contributed by atoms with E-state index >= 15 is 0 Å². The van der Waals surface area contributed by atoms with Crippen LogP contribution in [-0.2, 0) is 4.79 Å². The Bertz CT molecular complexity index is 771. The first kappa shape index (κ1) is 22.1. The first-order valence-corrected chi connectivity index (χ1v) is 10.8. The Morgan fingerprint density at radius 1 is 0.867 bits per heavy atom. The normalized spacial score (nSPS) is 18.3. The number of amides is 4. The topological polar surface area (TPSA) is 73.0 Å². The molecule has 0 aromatic heterocycles. The first-order valence-electron chi connectivity index (χ1n) is 10.8. The van der Waals surface area contributed by atoms with Crippen LogP contribution in [0.3, 0.4) is 0 Å². The highest BCUT2D eigenvalue weighted by Gasteiger charge is 2.33. The van der Waals surface area contributed by atoms with Crippen LogP contribution in [0, 0.1) is 11.7 Å². The van der Waals surface area contributed by atoms with Crippen molar-refractivity contribution in [2.75, 3.05) is 39.3 Å². The molecular formula is C22H31FN4O3. The number of likely N-dealkylation sites (tertiary alicyclic amines) is 1. The lowest BCUT2D eigenvalue weighted by molar-refractivity contribution is -0.135. The van der Waals surface area contributed by atoms with Crippen molar-refractivity contribution in [3.05, 3.63) is 35.6 Å². The van der Waals surface area contributed by atoms with Crippen LogP contribution >= 0.6 is 0 Å². The minimum absolute atomic E-state index is 0.0510. The van der Waals surface area contributed by atoms with E-state index in [1.54, 1.807) is 15.9 Å². The smallest absolute Gasteiger partial charge is 0.320 e. The van der Waals surface area contributed by atoms with Gasteiger partial charge in [0.05, 0.1) is 5.56 Å². The number of piperazine rings is 1. The Balaban J connectivity index is 1.58. The van der Waals surface area contributed by atoms with Gasteiger partial charge in [-0.05, 0) is 37.3 Å². The van der Waals surface area contributed by atoms with E-state index in [1.807, 2.05) is 18.7 Å². The van der Waals surface area contributed by atoms with Crippen molar-refractivity contribution in [3.63, 3.8) is 0 Å². The van der Waals surface area contributed by atoms with Crippen molar-refractivity contribution in [1.82, 2.24) is 20.0 Å². The second-order valence-corrected chi connectivity index (χ2v) is 8.32. The summed E-state index contributed by atoms with van der Waals surface area (Å²) in [5.74, 6) is -1.56. The highest BCUT2D eigenvalue weighted by Crippen LogP contribution is 2.15. The molecule has 1 aromatic carbocycles. The summed E-state index contributed by atoms with van der Waals surface area (Å²) in [7, 11) is 0. The molecule has 0 saturated carbocycles. The molecule has 2 saturated heterocycles. The van der Waals surface area contributed by atoms with Crippen molar-refractivity contribution < 1.29 is 18.8 Å². The number of nitrogens with zero attached hydrogens (tertiary/aromatic N) is 3. The maximum Gasteiger partial charge on any atom is 0.320 e. The predicted octanol–water partition coefficient (Wildman–Crippen LogP) is 2.33. The fourth-order valence-electron chi connectivity index (χ4n) is 3.98. The van der Waals surface area contributed by atoms with E-state index in [-0.39, 0.29) is 23.4 Å². The Hall–Kier alpha value is -2.64. The zero-order valence-electron chi connectivity index (χ0n) is 17.8. The molecule has 1 atom stereocenters. The monoisotopic (exact) mass is 418 g/mol. The molecule has 1 unspecified atom stereocenters. The number of carbonyl (C=O) groups excluding carboxylic acids is 3. The number of hydrogen-bond donors (Lipinski definition) is 1. The summed E-state index contributed by atoms with van der Waals surface area (Å²) in [6, 6.07) is 5.03. The zero-order chi connectivity index (χ0) is 21.7. The van der Waals surface area contributed by atoms with Crippen molar-refractivity contribution in [3.8, 4) is 0 Å². The van der Waals surface area contributed by atoms with Gasteiger partial charge in [-0.2, -0.15) is 0 Å². The largest absolute Gasteiger partial charge is 0.340 e. The summed E-state index contributed by atoms with van der Waals surface area (Å²) in [4.78, 5) is 43.6. The summed E-state index contributed by atoms with van der Waals surface area (Å²) in [5.41, 5.74) is -0.0760. The Morgan fingerprint density at radius 3 is 2.03 bits per heavy atom. The fraction of sp³-hybridized carbons (Fsp3) is 0.591. The molecule has 2 heterocycles. The number of carbonyl (C=O) groups is 3. The highest BCUT2D eigenvalue weighted by atomic mass is 19.1. The van der Waals surface area contributed by atoms with Crippen LogP contribution in [-0.4, -0.2) is 77.9 Å². The molecule has 0 radical (unpaired) electrons. The maximum absolute atomic E-state index is 13.9. The molecule has 2 aliphatic rings. The third-order valence-corrected chi connectivity index (χ3v) is 5.83. The molecule has 164 valence electrons. The van der Waals surface area contributed by atoms with E-state index in [2.05, 4.69) is 5.32 Å². The number of rotatable bonds is 4. The van der Waals surface area contributed by atoms with E-state index in [1.165, 1.54) is 24.6 Å². The SMILES string of the molecule is CC(C)C(NC(=O)c1ccccc1F)C(=O)N1CCN(C(=O)N2CCCCC2)CC1. The van der Waals surface area contributed by atoms with E-state index in [9.17, 15) is 18.8 Å². The van der Waals surface area contributed by atoms with Gasteiger partial charge in [0.2, 0.25) is 5.91 Å². The number of nitrogens with one attached hydrogen (secondary N) is 1. The summed E-state index contributed by atoms with van der Waals surface area (Å²) in [5, 5.41) is 2.70. The minimum atomic E-state index is -0.749. The second-order valence-electron chi connectivity index (χ2n) is 8.32. The highest BCUT2D eigenvalue weighted by molar-refractivity contribution is 5.97. The van der Waals surface area contributed by atoms with Crippen molar-refractivity contribution in [2.24, 2.45) is 5.92 Å². The molecule has 2 fully saturated rings. The predicted molar refractivity (Wildman–Crippen MR) is 111 cm³/mol. The van der Waals surface area contributed by atoms with Gasteiger partial charge in [-0.25, -0.2) is 9.18 Å². The average Bonchev–Trinajstić information content (AvgIpc) is 2.77. The Morgan fingerprint density at radius 2 is 1.43 bits per heavy atom. The third-order valence-electron chi connectivity index (χ3n) is 5.83. The van der Waals surface area contributed by atoms with Gasteiger partial charge in [-0.3, -0.25) is 9.59 Å². The molecule has 2 aliphatic heterocycles. The standard InChI is InChI=1S/C22H31FN4O3/c1-16(2)19(24-20(28)17-8-4-5-9-18(17)23)21(29)25-12-14-27(15-13-25)22(30)26-10-6-3-7-11-26/h4-5,8-9,16,19H,3,6-7,10-15H2,1-2H3,(H,24,28). The fourth-order valence-corrected chi connectivity index (χ4v) is 3.98. The van der Waals surface area contributed by atoms with E-state index in [0.29, 0.717) is 26.2 Å². The number of halogens is 1. The van der Waals surface area contributed by atoms with Crippen LogP contribution in [0.25, 0.3) is 0 Å². The first-order chi connectivity index (χ1) is 14.4. The van der Waals surface area contributed by atoms with Gasteiger partial charge in [0, 0.05) is 39.3 Å². The van der Waals surface area contributed by atoms with E-state index < -0.39 is 17.8 Å². The lowest BCUT2D eigenvalue weighted by Gasteiger charge is -2.40. The van der Waals surface area contributed by atoms with Gasteiger partial charge >= 0.3 is 6.03 Å². The van der Waals surface area contributed by atoms with Crippen LogP contribution in [0.5, 0.6) is 0 Å². The van der Waals surface area contributed by atoms with E-state index in [4.69, 9.17) is 0 Å². The van der Waals surface area contributed by atoms with Crippen molar-refractivity contribution in [2.45, 2.75) is 39.2 Å². The van der Waals surface area contributed by atoms with Crippen LogP contribution in [0.1, 0.15) is 43.5 Å². The Kier molecular flexibility index (Phi) is 7.29. The molecular weight excluding hydrogens is 387 g/mol. The maximum atomic E-state index is 13.9. The molecule has 1 N–H and O–H groups in total. The zero-order valence-corrected chi connectivity index (χ0v) is 17.8.